The molecule has 98 valence electrons. The molecule has 0 bridgehead atoms. The number of hydrogen-bond donors (Lipinski definition) is 1. The van der Waals surface area contributed by atoms with E-state index in [1.165, 1.54) is 5.56 Å². The molecule has 0 amide bonds. The van der Waals surface area contributed by atoms with Gasteiger partial charge in [0.05, 0.1) is 0 Å². The highest BCUT2D eigenvalue weighted by molar-refractivity contribution is 6.33. The van der Waals surface area contributed by atoms with E-state index >= 15 is 0 Å². The first-order valence-electron chi connectivity index (χ1n) is 6.13. The predicted molar refractivity (Wildman–Crippen MR) is 77.6 cm³/mol. The zero-order valence-corrected chi connectivity index (χ0v) is 11.4. The minimum absolute atomic E-state index is 0.134. The first-order chi connectivity index (χ1) is 9.06. The Bertz CT molecular complexity index is 588. The number of aliphatic carboxylic acids is 1. The first-order valence-corrected chi connectivity index (χ1v) is 6.51. The Kier molecular flexibility index (Phi) is 4.23. The van der Waals surface area contributed by atoms with Crippen LogP contribution in [-0.4, -0.2) is 11.1 Å². The summed E-state index contributed by atoms with van der Waals surface area (Å²) >= 11 is 6.22. The fourth-order valence-corrected chi connectivity index (χ4v) is 2.16. The Balaban J connectivity index is 2.31. The predicted octanol–water partition coefficient (Wildman–Crippen LogP) is 4.33. The number of carboxylic acid groups (broad SMARTS) is 1. The van der Waals surface area contributed by atoms with Gasteiger partial charge in [0.15, 0.2) is 0 Å². The van der Waals surface area contributed by atoms with Gasteiger partial charge >= 0.3 is 5.97 Å². The lowest BCUT2D eigenvalue weighted by Gasteiger charge is -2.08. The molecule has 0 unspecified atom stereocenters. The molecule has 0 heterocycles. The maximum Gasteiger partial charge on any atom is 0.303 e. The van der Waals surface area contributed by atoms with E-state index in [-0.39, 0.29) is 6.42 Å². The lowest BCUT2D eigenvalue weighted by Crippen LogP contribution is -1.97. The van der Waals surface area contributed by atoms with Crippen molar-refractivity contribution in [2.45, 2.75) is 19.8 Å². The van der Waals surface area contributed by atoms with Gasteiger partial charge in [0.25, 0.3) is 0 Å². The Morgan fingerprint density at radius 2 is 1.84 bits per heavy atom. The van der Waals surface area contributed by atoms with Crippen LogP contribution in [0.4, 0.5) is 0 Å². The quantitative estimate of drug-likeness (QED) is 0.901. The van der Waals surface area contributed by atoms with Crippen LogP contribution in [0.15, 0.2) is 42.5 Å². The van der Waals surface area contributed by atoms with E-state index in [1.807, 2.05) is 49.4 Å². The second-order valence-electron chi connectivity index (χ2n) is 4.57. The average Bonchev–Trinajstić information content (AvgIpc) is 2.39. The normalized spacial score (nSPS) is 10.4. The molecule has 2 rings (SSSR count). The third-order valence-electron chi connectivity index (χ3n) is 3.02. The fourth-order valence-electron chi connectivity index (χ4n) is 1.93. The van der Waals surface area contributed by atoms with Crippen LogP contribution in [0.25, 0.3) is 11.1 Å². The topological polar surface area (TPSA) is 37.3 Å². The van der Waals surface area contributed by atoms with Crippen molar-refractivity contribution in [1.29, 1.82) is 0 Å². The van der Waals surface area contributed by atoms with Crippen LogP contribution in [0.1, 0.15) is 17.5 Å². The van der Waals surface area contributed by atoms with E-state index in [9.17, 15) is 4.79 Å². The number of rotatable bonds is 4. The van der Waals surface area contributed by atoms with Crippen molar-refractivity contribution >= 4 is 17.6 Å². The summed E-state index contributed by atoms with van der Waals surface area (Å²) in [5, 5.41) is 9.40. The van der Waals surface area contributed by atoms with Crippen molar-refractivity contribution in [3.63, 3.8) is 0 Å². The Labute approximate surface area is 117 Å². The molecule has 2 aromatic rings. The van der Waals surface area contributed by atoms with Crippen molar-refractivity contribution in [3.8, 4) is 11.1 Å². The molecule has 19 heavy (non-hydrogen) atoms. The zero-order valence-electron chi connectivity index (χ0n) is 10.7. The molecule has 0 aromatic heterocycles. The van der Waals surface area contributed by atoms with Crippen LogP contribution < -0.4 is 0 Å². The van der Waals surface area contributed by atoms with E-state index < -0.39 is 5.97 Å². The summed E-state index contributed by atoms with van der Waals surface area (Å²) < 4.78 is 0. The van der Waals surface area contributed by atoms with Crippen LogP contribution in [0.5, 0.6) is 0 Å². The van der Waals surface area contributed by atoms with E-state index in [0.717, 1.165) is 16.7 Å². The second-order valence-corrected chi connectivity index (χ2v) is 4.98. The van der Waals surface area contributed by atoms with Crippen molar-refractivity contribution in [3.05, 3.63) is 58.6 Å². The summed E-state index contributed by atoms with van der Waals surface area (Å²) in [7, 11) is 0. The molecule has 0 radical (unpaired) electrons. The highest BCUT2D eigenvalue weighted by Crippen LogP contribution is 2.29. The smallest absolute Gasteiger partial charge is 0.303 e. The number of hydrogen-bond acceptors (Lipinski definition) is 1. The molecule has 0 aliphatic carbocycles. The second kappa shape index (κ2) is 5.89. The molecule has 0 saturated carbocycles. The van der Waals surface area contributed by atoms with Gasteiger partial charge in [-0.1, -0.05) is 47.5 Å². The molecular weight excluding hydrogens is 260 g/mol. The van der Waals surface area contributed by atoms with E-state index in [0.29, 0.717) is 11.4 Å². The third-order valence-corrected chi connectivity index (χ3v) is 3.35. The fraction of sp³-hybridized carbons (Fsp3) is 0.188. The summed E-state index contributed by atoms with van der Waals surface area (Å²) in [4.78, 5) is 10.6. The van der Waals surface area contributed by atoms with Crippen LogP contribution in [0, 0.1) is 6.92 Å². The molecule has 3 heteroatoms. The average molecular weight is 275 g/mol. The SMILES string of the molecule is Cc1ccc(-c2cc(CCC(=O)O)ccc2Cl)cc1. The summed E-state index contributed by atoms with van der Waals surface area (Å²) in [6.07, 6.45) is 0.653. The van der Waals surface area contributed by atoms with Crippen molar-refractivity contribution in [2.24, 2.45) is 0 Å². The molecule has 0 aliphatic rings. The summed E-state index contributed by atoms with van der Waals surface area (Å²) in [5.74, 6) is -0.785. The van der Waals surface area contributed by atoms with Gasteiger partial charge in [0.2, 0.25) is 0 Å². The number of carboxylic acids is 1. The number of halogens is 1. The van der Waals surface area contributed by atoms with Gasteiger partial charge < -0.3 is 5.11 Å². The molecule has 2 aromatic carbocycles. The van der Waals surface area contributed by atoms with Crippen molar-refractivity contribution in [2.75, 3.05) is 0 Å². The van der Waals surface area contributed by atoms with E-state index in [4.69, 9.17) is 16.7 Å². The third kappa shape index (κ3) is 3.58. The van der Waals surface area contributed by atoms with Gasteiger partial charge in [-0.05, 0) is 36.6 Å². The maximum atomic E-state index is 10.6. The van der Waals surface area contributed by atoms with Crippen molar-refractivity contribution < 1.29 is 9.90 Å². The van der Waals surface area contributed by atoms with E-state index in [1.54, 1.807) is 0 Å². The molecule has 2 nitrogen and oxygen atoms in total. The minimum atomic E-state index is -0.785. The van der Waals surface area contributed by atoms with Gasteiger partial charge in [-0.15, -0.1) is 0 Å². The molecule has 0 saturated heterocycles. The summed E-state index contributed by atoms with van der Waals surface area (Å²) in [5.41, 5.74) is 4.18. The van der Waals surface area contributed by atoms with E-state index in [2.05, 4.69) is 0 Å². The molecule has 0 atom stereocenters. The highest BCUT2D eigenvalue weighted by Gasteiger charge is 2.06. The van der Waals surface area contributed by atoms with Crippen LogP contribution in [0.3, 0.4) is 0 Å². The maximum absolute atomic E-state index is 10.6. The molecule has 1 N–H and O–H groups in total. The first kappa shape index (κ1) is 13.6. The lowest BCUT2D eigenvalue weighted by molar-refractivity contribution is -0.136. The van der Waals surface area contributed by atoms with Crippen LogP contribution >= 0.6 is 11.6 Å². The monoisotopic (exact) mass is 274 g/mol. The molecule has 0 spiro atoms. The van der Waals surface area contributed by atoms with Crippen molar-refractivity contribution in [1.82, 2.24) is 0 Å². The Morgan fingerprint density at radius 3 is 2.47 bits per heavy atom. The van der Waals surface area contributed by atoms with Gasteiger partial charge in [-0.2, -0.15) is 0 Å². The highest BCUT2D eigenvalue weighted by atomic mass is 35.5. The zero-order chi connectivity index (χ0) is 13.8. The summed E-state index contributed by atoms with van der Waals surface area (Å²) in [6, 6.07) is 13.8. The van der Waals surface area contributed by atoms with Gasteiger partial charge in [0.1, 0.15) is 0 Å². The minimum Gasteiger partial charge on any atom is -0.481 e. The Morgan fingerprint density at radius 1 is 1.16 bits per heavy atom. The Hall–Kier alpha value is -1.80. The van der Waals surface area contributed by atoms with Gasteiger partial charge in [-0.25, -0.2) is 0 Å². The molecule has 0 aliphatic heterocycles. The van der Waals surface area contributed by atoms with Crippen LogP contribution in [-0.2, 0) is 11.2 Å². The number of aryl methyl sites for hydroxylation is 2. The molecule has 0 fully saturated rings. The standard InChI is InChI=1S/C16H15ClO2/c1-11-2-6-13(7-3-11)14-10-12(4-8-15(14)17)5-9-16(18)19/h2-4,6-8,10H,5,9H2,1H3,(H,18,19). The lowest BCUT2D eigenvalue weighted by atomic mass is 10.00. The van der Waals surface area contributed by atoms with Gasteiger partial charge in [-0.3, -0.25) is 4.79 Å². The summed E-state index contributed by atoms with van der Waals surface area (Å²) in [6.45, 7) is 2.04. The van der Waals surface area contributed by atoms with Crippen LogP contribution in [0.2, 0.25) is 5.02 Å². The van der Waals surface area contributed by atoms with Gasteiger partial charge in [0, 0.05) is 17.0 Å². The number of carbonyl (C=O) groups is 1. The number of benzene rings is 2. The molecular formula is C16H15ClO2. The largest absolute Gasteiger partial charge is 0.481 e.